The number of fused-ring (bicyclic) bond motifs is 1. The fourth-order valence-corrected chi connectivity index (χ4v) is 5.48. The van der Waals surface area contributed by atoms with Gasteiger partial charge in [0.2, 0.25) is 0 Å². The molecule has 1 saturated heterocycles. The first-order valence-electron chi connectivity index (χ1n) is 14.4. The van der Waals surface area contributed by atoms with Crippen LogP contribution in [0.2, 0.25) is 0 Å². The average molecular weight is 572 g/mol. The molecule has 8 heteroatoms. The molecular formula is C34H37NO7. The largest absolute Gasteiger partial charge is 0.513 e. The van der Waals surface area contributed by atoms with E-state index in [9.17, 15) is 9.59 Å². The molecule has 3 aromatic rings. The third-order valence-corrected chi connectivity index (χ3v) is 7.53. The van der Waals surface area contributed by atoms with Crippen LogP contribution in [0.5, 0.6) is 23.0 Å². The number of likely N-dealkylation sites (tertiary alicyclic amines) is 1. The van der Waals surface area contributed by atoms with Gasteiger partial charge in [0.15, 0.2) is 0 Å². The van der Waals surface area contributed by atoms with Crippen LogP contribution in [0.3, 0.4) is 0 Å². The number of nitrogens with zero attached hydrogens (tertiary/aromatic N) is 1. The average Bonchev–Trinajstić information content (AvgIpc) is 3.38. The maximum atomic E-state index is 11.9. The topological polar surface area (TPSA) is 83.5 Å². The monoisotopic (exact) mass is 571 g/mol. The smallest absolute Gasteiger partial charge is 0.492 e. The number of rotatable bonds is 9. The van der Waals surface area contributed by atoms with Gasteiger partial charge < -0.3 is 23.7 Å². The Morgan fingerprint density at radius 3 is 2.33 bits per heavy atom. The van der Waals surface area contributed by atoms with Gasteiger partial charge in [0.1, 0.15) is 35.7 Å². The highest BCUT2D eigenvalue weighted by molar-refractivity contribution is 5.95. The second kappa shape index (κ2) is 13.1. The molecule has 220 valence electrons. The van der Waals surface area contributed by atoms with E-state index in [0.717, 1.165) is 59.1 Å². The summed E-state index contributed by atoms with van der Waals surface area (Å²) >= 11 is 0. The molecule has 0 spiro atoms. The van der Waals surface area contributed by atoms with Crippen molar-refractivity contribution in [2.45, 2.75) is 40.2 Å². The number of hydrogen-bond donors (Lipinski definition) is 0. The van der Waals surface area contributed by atoms with Crippen molar-refractivity contribution < 1.29 is 33.3 Å². The molecule has 3 aromatic carbocycles. The number of carbonyl (C=O) groups excluding carboxylic acids is 2. The highest BCUT2D eigenvalue weighted by Gasteiger charge is 2.30. The second-order valence-corrected chi connectivity index (χ2v) is 10.7. The SMILES string of the molecule is CCOC(=O)Oc1ccc2c(c1)OC(c1ccc(OCCN3CC[C@@H](C)C3)cc1)C(c1ccc(OC(C)=O)cc1)=C2C. The van der Waals surface area contributed by atoms with Crippen molar-refractivity contribution in [1.29, 1.82) is 0 Å². The Kier molecular flexibility index (Phi) is 9.12. The third-order valence-electron chi connectivity index (χ3n) is 7.53. The predicted molar refractivity (Wildman–Crippen MR) is 160 cm³/mol. The summed E-state index contributed by atoms with van der Waals surface area (Å²) in [5.41, 5.74) is 4.76. The molecule has 8 nitrogen and oxygen atoms in total. The van der Waals surface area contributed by atoms with E-state index < -0.39 is 12.3 Å². The number of allylic oxidation sites excluding steroid dienone is 1. The van der Waals surface area contributed by atoms with Crippen LogP contribution in [0.15, 0.2) is 66.7 Å². The lowest BCUT2D eigenvalue weighted by molar-refractivity contribution is -0.131. The van der Waals surface area contributed by atoms with Crippen LogP contribution in [0.1, 0.15) is 56.9 Å². The molecule has 2 aliphatic heterocycles. The maximum absolute atomic E-state index is 11.9. The van der Waals surface area contributed by atoms with Crippen molar-refractivity contribution in [3.63, 3.8) is 0 Å². The van der Waals surface area contributed by atoms with Crippen molar-refractivity contribution in [2.75, 3.05) is 32.8 Å². The molecular weight excluding hydrogens is 534 g/mol. The van der Waals surface area contributed by atoms with Gasteiger partial charge in [0.25, 0.3) is 0 Å². The van der Waals surface area contributed by atoms with E-state index in [0.29, 0.717) is 23.9 Å². The Morgan fingerprint density at radius 1 is 0.952 bits per heavy atom. The van der Waals surface area contributed by atoms with E-state index in [2.05, 4.69) is 11.8 Å². The van der Waals surface area contributed by atoms with E-state index in [-0.39, 0.29) is 12.6 Å². The lowest BCUT2D eigenvalue weighted by atomic mass is 9.86. The summed E-state index contributed by atoms with van der Waals surface area (Å²) < 4.78 is 28.2. The molecule has 0 amide bonds. The number of esters is 1. The van der Waals surface area contributed by atoms with Crippen LogP contribution in [0, 0.1) is 5.92 Å². The van der Waals surface area contributed by atoms with Crippen LogP contribution in [-0.2, 0) is 9.53 Å². The Labute approximate surface area is 246 Å². The van der Waals surface area contributed by atoms with Gasteiger partial charge in [-0.15, -0.1) is 0 Å². The number of carbonyl (C=O) groups is 2. The summed E-state index contributed by atoms with van der Waals surface area (Å²) in [7, 11) is 0. The highest BCUT2D eigenvalue weighted by atomic mass is 16.7. The fourth-order valence-electron chi connectivity index (χ4n) is 5.48. The predicted octanol–water partition coefficient (Wildman–Crippen LogP) is 6.93. The van der Waals surface area contributed by atoms with Crippen molar-refractivity contribution in [2.24, 2.45) is 5.92 Å². The van der Waals surface area contributed by atoms with E-state index in [1.54, 1.807) is 31.2 Å². The van der Waals surface area contributed by atoms with Crippen molar-refractivity contribution in [3.8, 4) is 23.0 Å². The van der Waals surface area contributed by atoms with Gasteiger partial charge in [-0.1, -0.05) is 31.2 Å². The number of ether oxygens (including phenoxy) is 5. The summed E-state index contributed by atoms with van der Waals surface area (Å²) in [5.74, 6) is 2.60. The molecule has 2 aliphatic rings. The minimum absolute atomic E-state index is 0.223. The molecule has 42 heavy (non-hydrogen) atoms. The van der Waals surface area contributed by atoms with E-state index in [1.165, 1.54) is 13.3 Å². The molecule has 0 bridgehead atoms. The normalized spacial score (nSPS) is 18.2. The van der Waals surface area contributed by atoms with Crippen LogP contribution in [0.4, 0.5) is 4.79 Å². The van der Waals surface area contributed by atoms with E-state index in [4.69, 9.17) is 23.7 Å². The molecule has 0 aliphatic carbocycles. The molecule has 0 saturated carbocycles. The molecule has 0 aromatic heterocycles. The Hall–Kier alpha value is -4.30. The fraction of sp³-hybridized carbons (Fsp3) is 0.353. The number of benzene rings is 3. The van der Waals surface area contributed by atoms with Crippen molar-refractivity contribution in [3.05, 3.63) is 83.4 Å². The van der Waals surface area contributed by atoms with Crippen LogP contribution in [0.25, 0.3) is 11.1 Å². The quantitative estimate of drug-likeness (QED) is 0.155. The molecule has 5 rings (SSSR count). The zero-order valence-corrected chi connectivity index (χ0v) is 24.6. The molecule has 2 heterocycles. The first-order chi connectivity index (χ1) is 20.3. The molecule has 0 N–H and O–H groups in total. The number of hydrogen-bond acceptors (Lipinski definition) is 8. The second-order valence-electron chi connectivity index (χ2n) is 10.7. The van der Waals surface area contributed by atoms with Gasteiger partial charge >= 0.3 is 12.1 Å². The first-order valence-corrected chi connectivity index (χ1v) is 14.4. The molecule has 1 unspecified atom stereocenters. The molecule has 1 fully saturated rings. The Balaban J connectivity index is 1.42. The summed E-state index contributed by atoms with van der Waals surface area (Å²) in [4.78, 5) is 25.8. The zero-order valence-electron chi connectivity index (χ0n) is 24.6. The van der Waals surface area contributed by atoms with E-state index >= 15 is 0 Å². The first kappa shape index (κ1) is 29.2. The van der Waals surface area contributed by atoms with Gasteiger partial charge in [0.05, 0.1) is 6.61 Å². The third kappa shape index (κ3) is 6.94. The zero-order chi connectivity index (χ0) is 29.6. The van der Waals surface area contributed by atoms with Gasteiger partial charge in [-0.2, -0.15) is 0 Å². The van der Waals surface area contributed by atoms with Crippen LogP contribution < -0.4 is 18.9 Å². The summed E-state index contributed by atoms with van der Waals surface area (Å²) in [6.07, 6.45) is 0.0349. The minimum Gasteiger partial charge on any atom is -0.492 e. The van der Waals surface area contributed by atoms with Gasteiger partial charge in [-0.25, -0.2) is 4.79 Å². The maximum Gasteiger partial charge on any atom is 0.513 e. The van der Waals surface area contributed by atoms with Gasteiger partial charge in [-0.3, -0.25) is 9.69 Å². The van der Waals surface area contributed by atoms with E-state index in [1.807, 2.05) is 49.4 Å². The highest BCUT2D eigenvalue weighted by Crippen LogP contribution is 2.47. The van der Waals surface area contributed by atoms with Crippen molar-refractivity contribution >= 4 is 23.3 Å². The lowest BCUT2D eigenvalue weighted by Crippen LogP contribution is -2.25. The lowest BCUT2D eigenvalue weighted by Gasteiger charge is -2.31. The van der Waals surface area contributed by atoms with Gasteiger partial charge in [0, 0.05) is 37.2 Å². The van der Waals surface area contributed by atoms with Crippen LogP contribution >= 0.6 is 0 Å². The Morgan fingerprint density at radius 2 is 1.67 bits per heavy atom. The summed E-state index contributed by atoms with van der Waals surface area (Å²) in [6, 6.07) is 20.7. The standard InChI is InChI=1S/C34H37NO7/c1-5-38-34(37)41-29-14-15-30-23(3)32(25-6-12-28(13-7-25)40-24(4)36)33(42-31(30)20-29)26-8-10-27(11-9-26)39-19-18-35-17-16-22(2)21-35/h6-15,20,22,33H,5,16-19,21H2,1-4H3/t22-,33?/m1/s1. The summed E-state index contributed by atoms with van der Waals surface area (Å²) in [6.45, 7) is 11.5. The van der Waals surface area contributed by atoms with Gasteiger partial charge in [-0.05, 0) is 85.8 Å². The molecule has 0 radical (unpaired) electrons. The minimum atomic E-state index is -0.763. The molecule has 2 atom stereocenters. The Bertz CT molecular complexity index is 1450. The van der Waals surface area contributed by atoms with Crippen LogP contribution in [-0.4, -0.2) is 49.9 Å². The summed E-state index contributed by atoms with van der Waals surface area (Å²) in [5, 5.41) is 0. The van der Waals surface area contributed by atoms with Crippen molar-refractivity contribution in [1.82, 2.24) is 4.90 Å².